The molecule has 0 spiro atoms. The minimum absolute atomic E-state index is 0.0392. The zero-order chi connectivity index (χ0) is 15.9. The average Bonchev–Trinajstić information content (AvgIpc) is 2.52. The first kappa shape index (κ1) is 16.3. The molecule has 3 nitrogen and oxygen atoms in total. The Kier molecular flexibility index (Phi) is 5.78. The molecule has 0 aliphatic rings. The van der Waals surface area contributed by atoms with Crippen LogP contribution in [0.5, 0.6) is 0 Å². The Morgan fingerprint density at radius 2 is 1.68 bits per heavy atom. The van der Waals surface area contributed by atoms with Gasteiger partial charge in [-0.1, -0.05) is 66.4 Å². The Bertz CT molecular complexity index is 655. The number of thioether (sulfide) groups is 1. The van der Waals surface area contributed by atoms with Gasteiger partial charge in [-0.05, 0) is 23.1 Å². The van der Waals surface area contributed by atoms with E-state index in [4.69, 9.17) is 5.73 Å². The molecule has 2 rings (SSSR count). The molecule has 0 aromatic heterocycles. The zero-order valence-corrected chi connectivity index (χ0v) is 13.3. The van der Waals surface area contributed by atoms with Crippen LogP contribution in [-0.2, 0) is 9.59 Å². The van der Waals surface area contributed by atoms with Crippen LogP contribution in [0.2, 0.25) is 0 Å². The number of nitrogens with two attached hydrogens (primary N) is 1. The van der Waals surface area contributed by atoms with Gasteiger partial charge in [0, 0.05) is 18.6 Å². The maximum atomic E-state index is 11.6. The maximum Gasteiger partial charge on any atom is 0.217 e. The van der Waals surface area contributed by atoms with E-state index in [-0.39, 0.29) is 22.7 Å². The van der Waals surface area contributed by atoms with Crippen molar-refractivity contribution in [3.8, 4) is 11.1 Å². The average molecular weight is 313 g/mol. The molecule has 0 heterocycles. The van der Waals surface area contributed by atoms with Gasteiger partial charge in [-0.3, -0.25) is 9.59 Å². The molecule has 1 amide bonds. The third-order valence-corrected chi connectivity index (χ3v) is 4.46. The SMILES string of the molecule is CC(=O)SC(CCC(N)=O)c1ccccc1-c1ccccc1. The van der Waals surface area contributed by atoms with Crippen LogP contribution in [-0.4, -0.2) is 11.0 Å². The predicted molar refractivity (Wildman–Crippen MR) is 91.3 cm³/mol. The van der Waals surface area contributed by atoms with Crippen molar-refractivity contribution in [1.82, 2.24) is 0 Å². The first-order chi connectivity index (χ1) is 10.6. The fraction of sp³-hybridized carbons (Fsp3) is 0.222. The van der Waals surface area contributed by atoms with Crippen LogP contribution in [0.25, 0.3) is 11.1 Å². The molecule has 1 atom stereocenters. The first-order valence-corrected chi connectivity index (χ1v) is 8.05. The second kappa shape index (κ2) is 7.80. The molecule has 0 radical (unpaired) electrons. The lowest BCUT2D eigenvalue weighted by atomic mass is 9.96. The van der Waals surface area contributed by atoms with Gasteiger partial charge in [0.15, 0.2) is 5.12 Å². The van der Waals surface area contributed by atoms with Crippen LogP contribution in [0, 0.1) is 0 Å². The van der Waals surface area contributed by atoms with E-state index in [1.165, 1.54) is 11.8 Å². The lowest BCUT2D eigenvalue weighted by Crippen LogP contribution is -2.12. The van der Waals surface area contributed by atoms with Gasteiger partial charge in [0.1, 0.15) is 0 Å². The molecular formula is C18H19NO2S. The van der Waals surface area contributed by atoms with Crippen LogP contribution in [0.15, 0.2) is 54.6 Å². The van der Waals surface area contributed by atoms with Crippen molar-refractivity contribution in [2.75, 3.05) is 0 Å². The fourth-order valence-corrected chi connectivity index (χ4v) is 3.38. The highest BCUT2D eigenvalue weighted by Crippen LogP contribution is 2.39. The van der Waals surface area contributed by atoms with E-state index < -0.39 is 0 Å². The number of rotatable bonds is 6. The lowest BCUT2D eigenvalue weighted by molar-refractivity contribution is -0.118. The van der Waals surface area contributed by atoms with Gasteiger partial charge in [-0.15, -0.1) is 0 Å². The van der Waals surface area contributed by atoms with Crippen molar-refractivity contribution < 1.29 is 9.59 Å². The Balaban J connectivity index is 2.38. The van der Waals surface area contributed by atoms with Crippen molar-refractivity contribution in [2.45, 2.75) is 25.0 Å². The summed E-state index contributed by atoms with van der Waals surface area (Å²) in [5, 5.41) is -0.0289. The second-order valence-corrected chi connectivity index (χ2v) is 6.44. The van der Waals surface area contributed by atoms with Gasteiger partial charge in [-0.25, -0.2) is 0 Å². The van der Waals surface area contributed by atoms with Gasteiger partial charge < -0.3 is 5.73 Å². The molecule has 2 N–H and O–H groups in total. The summed E-state index contributed by atoms with van der Waals surface area (Å²) in [6.07, 6.45) is 0.831. The summed E-state index contributed by atoms with van der Waals surface area (Å²) in [4.78, 5) is 22.7. The standard InChI is InChI=1S/C18H19NO2S/c1-13(20)22-17(11-12-18(19)21)16-10-6-5-9-15(16)14-7-3-2-4-8-14/h2-10,17H,11-12H2,1H3,(H2,19,21). The molecule has 0 aliphatic heterocycles. The van der Waals surface area contributed by atoms with E-state index in [0.717, 1.165) is 16.7 Å². The second-order valence-electron chi connectivity index (χ2n) is 5.06. The summed E-state index contributed by atoms with van der Waals surface area (Å²) < 4.78 is 0. The summed E-state index contributed by atoms with van der Waals surface area (Å²) in [6, 6.07) is 18.0. The van der Waals surface area contributed by atoms with E-state index in [1.807, 2.05) is 54.6 Å². The van der Waals surface area contributed by atoms with Gasteiger partial charge in [0.05, 0.1) is 0 Å². The Hall–Kier alpha value is -2.07. The topological polar surface area (TPSA) is 60.2 Å². The van der Waals surface area contributed by atoms with Gasteiger partial charge >= 0.3 is 0 Å². The zero-order valence-electron chi connectivity index (χ0n) is 12.5. The Labute approximate surface area is 134 Å². The molecule has 0 fully saturated rings. The van der Waals surface area contributed by atoms with E-state index in [2.05, 4.69) is 0 Å². The van der Waals surface area contributed by atoms with Crippen molar-refractivity contribution in [3.05, 3.63) is 60.2 Å². The summed E-state index contributed by atoms with van der Waals surface area (Å²) in [5.41, 5.74) is 8.52. The van der Waals surface area contributed by atoms with Crippen molar-refractivity contribution in [2.24, 2.45) is 5.73 Å². The van der Waals surface area contributed by atoms with Crippen LogP contribution in [0.3, 0.4) is 0 Å². The van der Waals surface area contributed by atoms with Crippen molar-refractivity contribution in [1.29, 1.82) is 0 Å². The highest BCUT2D eigenvalue weighted by atomic mass is 32.2. The first-order valence-electron chi connectivity index (χ1n) is 7.18. The number of carbonyl (C=O) groups is 2. The van der Waals surface area contributed by atoms with Crippen LogP contribution >= 0.6 is 11.8 Å². The highest BCUT2D eigenvalue weighted by Gasteiger charge is 2.19. The molecule has 0 aliphatic carbocycles. The van der Waals surface area contributed by atoms with Crippen molar-refractivity contribution >= 4 is 22.8 Å². The summed E-state index contributed by atoms with van der Waals surface area (Å²) in [6.45, 7) is 1.55. The number of hydrogen-bond acceptors (Lipinski definition) is 3. The van der Waals surface area contributed by atoms with Crippen molar-refractivity contribution in [3.63, 3.8) is 0 Å². The van der Waals surface area contributed by atoms with Crippen LogP contribution in [0.1, 0.15) is 30.6 Å². The quantitative estimate of drug-likeness (QED) is 0.878. The Morgan fingerprint density at radius 1 is 1.05 bits per heavy atom. The monoisotopic (exact) mass is 313 g/mol. The summed E-state index contributed by atoms with van der Waals surface area (Å²) in [7, 11) is 0. The molecule has 2 aromatic carbocycles. The molecule has 22 heavy (non-hydrogen) atoms. The largest absolute Gasteiger partial charge is 0.370 e. The van der Waals surface area contributed by atoms with Gasteiger partial charge in [-0.2, -0.15) is 0 Å². The third-order valence-electron chi connectivity index (χ3n) is 3.35. The maximum absolute atomic E-state index is 11.6. The van der Waals surface area contributed by atoms with E-state index in [1.54, 1.807) is 6.92 Å². The fourth-order valence-electron chi connectivity index (χ4n) is 2.41. The molecular weight excluding hydrogens is 294 g/mol. The number of primary amides is 1. The third kappa shape index (κ3) is 4.46. The smallest absolute Gasteiger partial charge is 0.217 e. The predicted octanol–water partition coefficient (Wildman–Crippen LogP) is 3.94. The molecule has 1 unspecified atom stereocenters. The van der Waals surface area contributed by atoms with Gasteiger partial charge in [0.2, 0.25) is 5.91 Å². The van der Waals surface area contributed by atoms with E-state index >= 15 is 0 Å². The molecule has 0 bridgehead atoms. The molecule has 4 heteroatoms. The molecule has 0 saturated carbocycles. The number of hydrogen-bond donors (Lipinski definition) is 1. The van der Waals surface area contributed by atoms with E-state index in [9.17, 15) is 9.59 Å². The minimum atomic E-state index is -0.341. The normalized spacial score (nSPS) is 11.9. The summed E-state index contributed by atoms with van der Waals surface area (Å²) in [5.74, 6) is -0.341. The molecule has 2 aromatic rings. The number of amides is 1. The summed E-state index contributed by atoms with van der Waals surface area (Å²) >= 11 is 1.26. The lowest BCUT2D eigenvalue weighted by Gasteiger charge is -2.19. The molecule has 0 saturated heterocycles. The van der Waals surface area contributed by atoms with Crippen LogP contribution < -0.4 is 5.73 Å². The highest BCUT2D eigenvalue weighted by molar-refractivity contribution is 8.13. The number of benzene rings is 2. The molecule has 114 valence electrons. The van der Waals surface area contributed by atoms with Crippen LogP contribution in [0.4, 0.5) is 0 Å². The Morgan fingerprint density at radius 3 is 2.32 bits per heavy atom. The van der Waals surface area contributed by atoms with Gasteiger partial charge in [0.25, 0.3) is 0 Å². The van der Waals surface area contributed by atoms with E-state index in [0.29, 0.717) is 6.42 Å². The number of carbonyl (C=O) groups excluding carboxylic acids is 2. The minimum Gasteiger partial charge on any atom is -0.370 e.